The quantitative estimate of drug-likeness (QED) is 0.148. The second-order valence-corrected chi connectivity index (χ2v) is 11.0. The molecule has 5 rings (SSSR count). The van der Waals surface area contributed by atoms with E-state index in [-0.39, 0.29) is 0 Å². The summed E-state index contributed by atoms with van der Waals surface area (Å²) in [6, 6.07) is 29.3. The third-order valence-electron chi connectivity index (χ3n) is 5.09. The summed E-state index contributed by atoms with van der Waals surface area (Å²) in [5.74, 6) is 1.54. The third kappa shape index (κ3) is 4.88. The lowest BCUT2D eigenvalue weighted by Crippen LogP contribution is -2.01. The maximum absolute atomic E-state index is 5.08. The Labute approximate surface area is 212 Å². The first kappa shape index (κ1) is 22.0. The summed E-state index contributed by atoms with van der Waals surface area (Å²) in [4.78, 5) is 12.6. The molecule has 158 valence electrons. The lowest BCUT2D eigenvalue weighted by Gasteiger charge is -2.12. The molecule has 0 N–H and O–H groups in total. The molecule has 0 saturated carbocycles. The minimum absolute atomic E-state index is 0.768. The highest BCUT2D eigenvalue weighted by molar-refractivity contribution is 9.10. The van der Waals surface area contributed by atoms with Crippen LogP contribution in [0.15, 0.2) is 104 Å². The van der Waals surface area contributed by atoms with Gasteiger partial charge < -0.3 is 0 Å². The fraction of sp³-hybridized carbons (Fsp3) is 0.0769. The topological polar surface area (TPSA) is 25.8 Å². The molecule has 2 nitrogen and oxygen atoms in total. The molecular weight excluding hydrogens is 564 g/mol. The van der Waals surface area contributed by atoms with Gasteiger partial charge in [-0.05, 0) is 79.0 Å². The van der Waals surface area contributed by atoms with Crippen LogP contribution in [0.3, 0.4) is 0 Å². The molecule has 32 heavy (non-hydrogen) atoms. The van der Waals surface area contributed by atoms with Crippen molar-refractivity contribution in [3.63, 3.8) is 0 Å². The molecule has 0 unspecified atom stereocenters. The van der Waals surface area contributed by atoms with Crippen LogP contribution in [0.5, 0.6) is 0 Å². The summed E-state index contributed by atoms with van der Waals surface area (Å²) in [6.07, 6.45) is 0. The van der Waals surface area contributed by atoms with Crippen molar-refractivity contribution in [2.24, 2.45) is 0 Å². The normalized spacial score (nSPS) is 11.3. The Bertz CT molecular complexity index is 1310. The second-order valence-electron chi connectivity index (χ2n) is 7.24. The van der Waals surface area contributed by atoms with Crippen molar-refractivity contribution < 1.29 is 0 Å². The first-order valence-corrected chi connectivity index (χ1v) is 13.7. The van der Waals surface area contributed by atoms with Gasteiger partial charge in [-0.25, -0.2) is 9.97 Å². The Balaban J connectivity index is 1.53. The van der Waals surface area contributed by atoms with Gasteiger partial charge in [0.05, 0.1) is 22.4 Å². The number of halogens is 2. The smallest absolute Gasteiger partial charge is 0.0897 e. The second kappa shape index (κ2) is 9.96. The van der Waals surface area contributed by atoms with E-state index in [9.17, 15) is 0 Å². The molecule has 0 fully saturated rings. The van der Waals surface area contributed by atoms with Gasteiger partial charge in [-0.1, -0.05) is 48.5 Å². The molecule has 0 spiro atoms. The predicted molar refractivity (Wildman–Crippen MR) is 144 cm³/mol. The minimum atomic E-state index is 0.768. The van der Waals surface area contributed by atoms with Crippen LogP contribution >= 0.6 is 55.4 Å². The number of benzene rings is 4. The molecule has 1 aromatic heterocycles. The monoisotopic (exact) mass is 580 g/mol. The van der Waals surface area contributed by atoms with E-state index in [0.29, 0.717) is 0 Å². The average Bonchev–Trinajstić information content (AvgIpc) is 2.81. The number of aromatic nitrogens is 2. The highest BCUT2D eigenvalue weighted by atomic mass is 79.9. The van der Waals surface area contributed by atoms with Crippen molar-refractivity contribution in [2.75, 3.05) is 0 Å². The average molecular weight is 582 g/mol. The van der Waals surface area contributed by atoms with Crippen LogP contribution in [0.25, 0.3) is 21.8 Å². The number of fused-ring (bicyclic) bond motifs is 2. The van der Waals surface area contributed by atoms with E-state index in [2.05, 4.69) is 105 Å². The number of hydrogen-bond acceptors (Lipinski definition) is 4. The molecule has 0 atom stereocenters. The van der Waals surface area contributed by atoms with Gasteiger partial charge in [0.25, 0.3) is 0 Å². The van der Waals surface area contributed by atoms with Crippen LogP contribution in [0.2, 0.25) is 0 Å². The van der Waals surface area contributed by atoms with Crippen LogP contribution in [0.4, 0.5) is 0 Å². The molecular formula is C26H18Br2N2S2. The van der Waals surface area contributed by atoms with Crippen molar-refractivity contribution in [3.05, 3.63) is 105 Å². The van der Waals surface area contributed by atoms with Crippen molar-refractivity contribution in [3.8, 4) is 0 Å². The Morgan fingerprint density at radius 2 is 0.969 bits per heavy atom. The summed E-state index contributed by atoms with van der Waals surface area (Å²) >= 11 is 10.9. The van der Waals surface area contributed by atoms with Crippen molar-refractivity contribution in [1.82, 2.24) is 9.97 Å². The van der Waals surface area contributed by atoms with Crippen LogP contribution in [-0.2, 0) is 11.5 Å². The molecule has 0 bridgehead atoms. The van der Waals surface area contributed by atoms with Crippen molar-refractivity contribution in [1.29, 1.82) is 0 Å². The van der Waals surface area contributed by atoms with Crippen LogP contribution in [0.1, 0.15) is 11.4 Å². The molecule has 0 aliphatic heterocycles. The standard InChI is InChI=1S/C26H18Br2N2S2/c27-19-9-3-5-11-25(19)31-15-23-24(16-32-26-12-6-4-10-20(26)28)30-22-14-18-8-2-1-7-17(18)13-21(22)29-23/h1-14H,15-16H2. The highest BCUT2D eigenvalue weighted by Crippen LogP contribution is 2.34. The molecule has 4 aromatic carbocycles. The van der Waals surface area contributed by atoms with Crippen LogP contribution in [-0.4, -0.2) is 9.97 Å². The molecule has 5 aromatic rings. The van der Waals surface area contributed by atoms with E-state index in [1.165, 1.54) is 20.6 Å². The molecule has 0 amide bonds. The van der Waals surface area contributed by atoms with E-state index in [0.717, 1.165) is 42.9 Å². The number of hydrogen-bond donors (Lipinski definition) is 0. The third-order valence-corrected chi connectivity index (χ3v) is 9.17. The van der Waals surface area contributed by atoms with Gasteiger partial charge in [-0.3, -0.25) is 0 Å². The molecule has 0 aliphatic rings. The van der Waals surface area contributed by atoms with E-state index >= 15 is 0 Å². The maximum atomic E-state index is 5.08. The van der Waals surface area contributed by atoms with Crippen molar-refractivity contribution in [2.45, 2.75) is 21.3 Å². The van der Waals surface area contributed by atoms with Gasteiger partial charge in [0, 0.05) is 30.2 Å². The van der Waals surface area contributed by atoms with Crippen LogP contribution < -0.4 is 0 Å². The first-order chi connectivity index (χ1) is 15.7. The van der Waals surface area contributed by atoms with E-state index in [1.807, 2.05) is 12.1 Å². The SMILES string of the molecule is Brc1ccccc1SCc1nc2cc3ccccc3cc2nc1CSc1ccccc1Br. The van der Waals surface area contributed by atoms with Gasteiger partial charge in [0.1, 0.15) is 0 Å². The van der Waals surface area contributed by atoms with Gasteiger partial charge >= 0.3 is 0 Å². The highest BCUT2D eigenvalue weighted by Gasteiger charge is 2.13. The van der Waals surface area contributed by atoms with Gasteiger partial charge in [-0.15, -0.1) is 23.5 Å². The maximum Gasteiger partial charge on any atom is 0.0897 e. The number of rotatable bonds is 6. The molecule has 0 saturated heterocycles. The predicted octanol–water partition coefficient (Wildman–Crippen LogP) is 8.89. The van der Waals surface area contributed by atoms with E-state index < -0.39 is 0 Å². The summed E-state index contributed by atoms with van der Waals surface area (Å²) < 4.78 is 2.21. The van der Waals surface area contributed by atoms with Gasteiger partial charge in [0.2, 0.25) is 0 Å². The zero-order valence-electron chi connectivity index (χ0n) is 17.0. The fourth-order valence-corrected chi connectivity index (χ4v) is 6.53. The van der Waals surface area contributed by atoms with Gasteiger partial charge in [0.15, 0.2) is 0 Å². The minimum Gasteiger partial charge on any atom is -0.248 e. The Morgan fingerprint density at radius 3 is 1.41 bits per heavy atom. The first-order valence-electron chi connectivity index (χ1n) is 10.1. The Kier molecular flexibility index (Phi) is 6.83. The molecule has 1 heterocycles. The Hall–Kier alpha value is -1.86. The van der Waals surface area contributed by atoms with E-state index in [1.54, 1.807) is 23.5 Å². The largest absolute Gasteiger partial charge is 0.248 e. The molecule has 0 radical (unpaired) electrons. The summed E-state index contributed by atoms with van der Waals surface area (Å²) in [5, 5.41) is 2.38. The number of thioether (sulfide) groups is 2. The van der Waals surface area contributed by atoms with E-state index in [4.69, 9.17) is 9.97 Å². The summed E-state index contributed by atoms with van der Waals surface area (Å²) in [5.41, 5.74) is 3.96. The zero-order valence-corrected chi connectivity index (χ0v) is 21.8. The lowest BCUT2D eigenvalue weighted by atomic mass is 10.1. The van der Waals surface area contributed by atoms with Gasteiger partial charge in [-0.2, -0.15) is 0 Å². The summed E-state index contributed by atoms with van der Waals surface area (Å²) in [7, 11) is 0. The lowest BCUT2D eigenvalue weighted by molar-refractivity contribution is 1.07. The zero-order chi connectivity index (χ0) is 21.9. The molecule has 0 aliphatic carbocycles. The number of nitrogens with zero attached hydrogens (tertiary/aromatic N) is 2. The fourth-order valence-electron chi connectivity index (χ4n) is 3.46. The molecule has 6 heteroatoms. The van der Waals surface area contributed by atoms with Crippen LogP contribution in [0, 0.1) is 0 Å². The summed E-state index contributed by atoms with van der Waals surface area (Å²) in [6.45, 7) is 0. The Morgan fingerprint density at radius 1 is 0.562 bits per heavy atom. The van der Waals surface area contributed by atoms with Crippen molar-refractivity contribution >= 4 is 77.2 Å².